The molecule has 8 heteroatoms. The summed E-state index contributed by atoms with van der Waals surface area (Å²) < 4.78 is 26.9. The van der Waals surface area contributed by atoms with Crippen LogP contribution in [0.15, 0.2) is 78.9 Å². The Kier molecular flexibility index (Phi) is 8.51. The van der Waals surface area contributed by atoms with Gasteiger partial charge < -0.3 is 10.6 Å². The van der Waals surface area contributed by atoms with E-state index in [1.54, 1.807) is 52.8 Å². The van der Waals surface area contributed by atoms with E-state index in [9.17, 15) is 18.0 Å². The number of carbonyl (C=O) groups excluding carboxylic acids is 2. The molecule has 0 unspecified atom stereocenters. The van der Waals surface area contributed by atoms with Gasteiger partial charge in [-0.25, -0.2) is 12.7 Å². The molecule has 1 heterocycles. The number of hydrogen-bond acceptors (Lipinski definition) is 4. The van der Waals surface area contributed by atoms with Crippen molar-refractivity contribution in [1.29, 1.82) is 0 Å². The van der Waals surface area contributed by atoms with Crippen LogP contribution in [-0.2, 0) is 22.2 Å². The third-order valence-electron chi connectivity index (χ3n) is 6.24. The normalized spacial score (nSPS) is 14.2. The minimum Gasteiger partial charge on any atom is -0.352 e. The number of piperidine rings is 1. The van der Waals surface area contributed by atoms with Gasteiger partial charge in [-0.15, -0.1) is 0 Å². The van der Waals surface area contributed by atoms with Crippen LogP contribution in [-0.4, -0.2) is 44.2 Å². The van der Waals surface area contributed by atoms with Crippen LogP contribution in [0.1, 0.15) is 51.1 Å². The summed E-state index contributed by atoms with van der Waals surface area (Å²) in [6.45, 7) is 1.62. The molecule has 36 heavy (non-hydrogen) atoms. The van der Waals surface area contributed by atoms with Crippen LogP contribution >= 0.6 is 0 Å². The molecule has 0 saturated carbocycles. The third kappa shape index (κ3) is 6.80. The van der Waals surface area contributed by atoms with Gasteiger partial charge in [-0.1, -0.05) is 61.0 Å². The summed E-state index contributed by atoms with van der Waals surface area (Å²) in [5.41, 5.74) is 2.94. The molecular formula is C28H31N3O4S. The Bertz CT molecular complexity index is 1290. The van der Waals surface area contributed by atoms with E-state index in [-0.39, 0.29) is 17.6 Å². The standard InChI is InChI=1S/C28H31N3O4S/c32-27(24-15-13-23(14-16-24)21-36(34,35)31-19-7-2-8-20-31)30-26-12-6-5-11-25(26)28(33)29-18-17-22-9-3-1-4-10-22/h1,3-6,9-16H,2,7-8,17-21H2,(H,29,33)(H,30,32). The van der Waals surface area contributed by atoms with Gasteiger partial charge in [-0.2, -0.15) is 0 Å². The van der Waals surface area contributed by atoms with E-state index in [2.05, 4.69) is 10.6 Å². The van der Waals surface area contributed by atoms with Crippen LogP contribution in [0.3, 0.4) is 0 Å². The van der Waals surface area contributed by atoms with Gasteiger partial charge in [0.15, 0.2) is 0 Å². The number of sulfonamides is 1. The zero-order chi connectivity index (χ0) is 25.4. The third-order valence-corrected chi connectivity index (χ3v) is 8.09. The summed E-state index contributed by atoms with van der Waals surface area (Å²) in [6, 6.07) is 23.3. The van der Waals surface area contributed by atoms with Gasteiger partial charge in [-0.3, -0.25) is 9.59 Å². The van der Waals surface area contributed by atoms with E-state index >= 15 is 0 Å². The summed E-state index contributed by atoms with van der Waals surface area (Å²) in [4.78, 5) is 25.6. The number of nitrogens with one attached hydrogen (secondary N) is 2. The van der Waals surface area contributed by atoms with E-state index in [0.717, 1.165) is 24.8 Å². The van der Waals surface area contributed by atoms with Crippen LogP contribution in [0.2, 0.25) is 0 Å². The average Bonchev–Trinajstić information content (AvgIpc) is 2.90. The Balaban J connectivity index is 1.36. The second-order valence-corrected chi connectivity index (χ2v) is 10.9. The molecular weight excluding hydrogens is 474 g/mol. The molecule has 0 bridgehead atoms. The second-order valence-electron chi connectivity index (χ2n) is 8.90. The van der Waals surface area contributed by atoms with Crippen LogP contribution in [0.4, 0.5) is 5.69 Å². The first kappa shape index (κ1) is 25.6. The molecule has 1 saturated heterocycles. The maximum absolute atomic E-state index is 12.9. The predicted octanol–water partition coefficient (Wildman–Crippen LogP) is 4.23. The highest BCUT2D eigenvalue weighted by Gasteiger charge is 2.24. The molecule has 0 atom stereocenters. The lowest BCUT2D eigenvalue weighted by molar-refractivity contribution is 0.0955. The fourth-order valence-electron chi connectivity index (χ4n) is 4.24. The van der Waals surface area contributed by atoms with Gasteiger partial charge in [0.1, 0.15) is 0 Å². The Morgan fingerprint density at radius 2 is 1.42 bits per heavy atom. The van der Waals surface area contributed by atoms with Crippen molar-refractivity contribution in [2.75, 3.05) is 25.0 Å². The van der Waals surface area contributed by atoms with Crippen LogP contribution in [0, 0.1) is 0 Å². The molecule has 0 radical (unpaired) electrons. The summed E-state index contributed by atoms with van der Waals surface area (Å²) >= 11 is 0. The molecule has 188 valence electrons. The van der Waals surface area contributed by atoms with Crippen molar-refractivity contribution < 1.29 is 18.0 Å². The van der Waals surface area contributed by atoms with E-state index in [4.69, 9.17) is 0 Å². The number of hydrogen-bond donors (Lipinski definition) is 2. The minimum atomic E-state index is -3.37. The highest BCUT2D eigenvalue weighted by molar-refractivity contribution is 7.88. The smallest absolute Gasteiger partial charge is 0.255 e. The van der Waals surface area contributed by atoms with Gasteiger partial charge in [0.25, 0.3) is 11.8 Å². The lowest BCUT2D eigenvalue weighted by Gasteiger charge is -2.25. The van der Waals surface area contributed by atoms with Crippen molar-refractivity contribution >= 4 is 27.5 Å². The van der Waals surface area contributed by atoms with Gasteiger partial charge in [0.05, 0.1) is 17.0 Å². The SMILES string of the molecule is O=C(Nc1ccccc1C(=O)NCCc1ccccc1)c1ccc(CS(=O)(=O)N2CCCCC2)cc1. The van der Waals surface area contributed by atoms with E-state index in [0.29, 0.717) is 48.4 Å². The van der Waals surface area contributed by atoms with Gasteiger partial charge >= 0.3 is 0 Å². The fourth-order valence-corrected chi connectivity index (χ4v) is 5.85. The number of amides is 2. The maximum Gasteiger partial charge on any atom is 0.255 e. The number of nitrogens with zero attached hydrogens (tertiary/aromatic N) is 1. The second kappa shape index (κ2) is 12.0. The first-order chi connectivity index (χ1) is 17.4. The predicted molar refractivity (Wildman–Crippen MR) is 141 cm³/mol. The van der Waals surface area contributed by atoms with Gasteiger partial charge in [0, 0.05) is 25.2 Å². The molecule has 2 amide bonds. The average molecular weight is 506 g/mol. The molecule has 0 aliphatic carbocycles. The lowest BCUT2D eigenvalue weighted by Crippen LogP contribution is -2.36. The van der Waals surface area contributed by atoms with Crippen molar-refractivity contribution in [2.24, 2.45) is 0 Å². The molecule has 2 N–H and O–H groups in total. The van der Waals surface area contributed by atoms with Crippen LogP contribution in [0.25, 0.3) is 0 Å². The summed E-state index contributed by atoms with van der Waals surface area (Å²) in [7, 11) is -3.37. The zero-order valence-corrected chi connectivity index (χ0v) is 21.0. The van der Waals surface area contributed by atoms with Crippen molar-refractivity contribution in [2.45, 2.75) is 31.4 Å². The number of rotatable bonds is 9. The molecule has 1 aliphatic rings. The molecule has 4 rings (SSSR count). The van der Waals surface area contributed by atoms with E-state index in [1.165, 1.54) is 0 Å². The minimum absolute atomic E-state index is 0.0825. The zero-order valence-electron chi connectivity index (χ0n) is 20.2. The van der Waals surface area contributed by atoms with E-state index < -0.39 is 10.0 Å². The van der Waals surface area contributed by atoms with Crippen molar-refractivity contribution in [3.63, 3.8) is 0 Å². The van der Waals surface area contributed by atoms with E-state index in [1.807, 2.05) is 30.3 Å². The van der Waals surface area contributed by atoms with Crippen LogP contribution in [0.5, 0.6) is 0 Å². The molecule has 1 aliphatic heterocycles. The Morgan fingerprint density at radius 1 is 0.750 bits per heavy atom. The molecule has 1 fully saturated rings. The molecule has 0 aromatic heterocycles. The Hall–Kier alpha value is -3.49. The first-order valence-corrected chi connectivity index (χ1v) is 13.8. The Morgan fingerprint density at radius 3 is 2.14 bits per heavy atom. The molecule has 3 aromatic carbocycles. The van der Waals surface area contributed by atoms with Gasteiger partial charge in [-0.05, 0) is 54.7 Å². The lowest BCUT2D eigenvalue weighted by atomic mass is 10.1. The van der Waals surface area contributed by atoms with Crippen molar-refractivity contribution in [3.8, 4) is 0 Å². The molecule has 0 spiro atoms. The molecule has 7 nitrogen and oxygen atoms in total. The topological polar surface area (TPSA) is 95.6 Å². The first-order valence-electron chi connectivity index (χ1n) is 12.2. The number of para-hydroxylation sites is 1. The van der Waals surface area contributed by atoms with Crippen molar-refractivity contribution in [1.82, 2.24) is 9.62 Å². The quantitative estimate of drug-likeness (QED) is 0.455. The summed E-state index contributed by atoms with van der Waals surface area (Å²) in [6.07, 6.45) is 3.56. The van der Waals surface area contributed by atoms with Gasteiger partial charge in [0.2, 0.25) is 10.0 Å². The number of anilines is 1. The largest absolute Gasteiger partial charge is 0.352 e. The maximum atomic E-state index is 12.9. The highest BCUT2D eigenvalue weighted by Crippen LogP contribution is 2.19. The number of carbonyl (C=O) groups is 2. The van der Waals surface area contributed by atoms with Crippen LogP contribution < -0.4 is 10.6 Å². The summed E-state index contributed by atoms with van der Waals surface area (Å²) in [5, 5.41) is 5.71. The monoisotopic (exact) mass is 505 g/mol. The number of benzene rings is 3. The van der Waals surface area contributed by atoms with Crippen molar-refractivity contribution in [3.05, 3.63) is 101 Å². The summed E-state index contributed by atoms with van der Waals surface area (Å²) in [5.74, 6) is -0.717. The molecule has 3 aromatic rings. The fraction of sp³-hybridized carbons (Fsp3) is 0.286. The Labute approximate surface area is 212 Å². The highest BCUT2D eigenvalue weighted by atomic mass is 32.2.